The van der Waals surface area contributed by atoms with Crippen molar-refractivity contribution < 1.29 is 22.8 Å². The molecule has 0 radical (unpaired) electrons. The van der Waals surface area contributed by atoms with Crippen LogP contribution < -0.4 is 11.3 Å². The van der Waals surface area contributed by atoms with E-state index in [0.717, 1.165) is 6.20 Å². The number of rotatable bonds is 1. The Bertz CT molecular complexity index is 421. The van der Waals surface area contributed by atoms with Gasteiger partial charge >= 0.3 is 12.1 Å². The summed E-state index contributed by atoms with van der Waals surface area (Å²) in [4.78, 5) is 25.5. The van der Waals surface area contributed by atoms with Crippen molar-refractivity contribution in [2.24, 2.45) is 5.84 Å². The third-order valence-electron chi connectivity index (χ3n) is 1.61. The average Bonchev–Trinajstić information content (AvgIpc) is 2.27. The van der Waals surface area contributed by atoms with Gasteiger partial charge in [-0.25, -0.2) is 11.3 Å². The van der Waals surface area contributed by atoms with E-state index in [2.05, 4.69) is 4.98 Å². The zero-order valence-electron chi connectivity index (χ0n) is 8.23. The molecule has 1 rings (SSSR count). The van der Waals surface area contributed by atoms with Crippen LogP contribution >= 0.6 is 0 Å². The number of hydrogen-bond acceptors (Lipinski definition) is 4. The Kier molecular flexibility index (Phi) is 3.63. The van der Waals surface area contributed by atoms with E-state index in [1.54, 1.807) is 5.43 Å². The Morgan fingerprint density at radius 1 is 1.41 bits per heavy atom. The van der Waals surface area contributed by atoms with Crippen LogP contribution in [0.15, 0.2) is 24.5 Å². The highest BCUT2D eigenvalue weighted by Gasteiger charge is 2.42. The molecule has 3 N–H and O–H groups in total. The number of pyridine rings is 1. The number of nitrogens with two attached hydrogens (primary N) is 1. The molecule has 0 aromatic carbocycles. The highest BCUT2D eigenvalue weighted by molar-refractivity contribution is 5.95. The summed E-state index contributed by atoms with van der Waals surface area (Å²) in [5.74, 6) is 1.40. The Hall–Kier alpha value is -2.16. The van der Waals surface area contributed by atoms with E-state index in [9.17, 15) is 22.8 Å². The second-order valence-electron chi connectivity index (χ2n) is 2.86. The summed E-state index contributed by atoms with van der Waals surface area (Å²) in [6, 6.07) is 2.70. The molecule has 2 amide bonds. The number of nitrogens with zero attached hydrogens (tertiary/aromatic N) is 2. The lowest BCUT2D eigenvalue weighted by Crippen LogP contribution is -2.55. The second kappa shape index (κ2) is 4.78. The Morgan fingerprint density at radius 3 is 2.53 bits per heavy atom. The van der Waals surface area contributed by atoms with Crippen molar-refractivity contribution in [2.45, 2.75) is 6.18 Å². The summed E-state index contributed by atoms with van der Waals surface area (Å²) < 4.78 is 35.8. The van der Waals surface area contributed by atoms with Gasteiger partial charge in [0, 0.05) is 12.4 Å². The molecule has 17 heavy (non-hydrogen) atoms. The van der Waals surface area contributed by atoms with Crippen LogP contribution in [0.25, 0.3) is 0 Å². The van der Waals surface area contributed by atoms with Crippen molar-refractivity contribution in [3.05, 3.63) is 30.1 Å². The summed E-state index contributed by atoms with van der Waals surface area (Å²) in [7, 11) is 0. The first-order valence-corrected chi connectivity index (χ1v) is 4.19. The van der Waals surface area contributed by atoms with E-state index < -0.39 is 23.1 Å². The molecule has 0 aliphatic heterocycles. The SMILES string of the molecule is NN(NC(=O)c1cccnc1)C(=O)C(F)(F)F. The Labute approximate surface area is 93.2 Å². The maximum atomic E-state index is 11.9. The molecule has 1 aromatic heterocycles. The van der Waals surface area contributed by atoms with Crippen molar-refractivity contribution in [1.29, 1.82) is 0 Å². The summed E-state index contributed by atoms with van der Waals surface area (Å²) in [5, 5.41) is -0.421. The number of hydrazine groups is 2. The number of hydrogen-bond donors (Lipinski definition) is 2. The molecule has 0 bridgehead atoms. The normalized spacial score (nSPS) is 10.8. The average molecular weight is 248 g/mol. The zero-order chi connectivity index (χ0) is 13.1. The predicted molar refractivity (Wildman–Crippen MR) is 48.8 cm³/mol. The number of carbonyl (C=O) groups is 2. The summed E-state index contributed by atoms with van der Waals surface area (Å²) in [6.45, 7) is 0. The summed E-state index contributed by atoms with van der Waals surface area (Å²) >= 11 is 0. The van der Waals surface area contributed by atoms with Crippen LogP contribution in [-0.4, -0.2) is 28.1 Å². The molecule has 0 spiro atoms. The quantitative estimate of drug-likeness (QED) is 0.415. The zero-order valence-corrected chi connectivity index (χ0v) is 8.23. The van der Waals surface area contributed by atoms with Gasteiger partial charge in [-0.2, -0.15) is 18.3 Å². The number of alkyl halides is 3. The Balaban J connectivity index is 2.68. The molecule has 0 unspecified atom stereocenters. The monoisotopic (exact) mass is 248 g/mol. The fourth-order valence-corrected chi connectivity index (χ4v) is 0.858. The third-order valence-corrected chi connectivity index (χ3v) is 1.61. The predicted octanol–water partition coefficient (Wildman–Crippen LogP) is -0.00900. The molecular formula is C8H7F3N4O2. The number of aromatic nitrogens is 1. The van der Waals surface area contributed by atoms with Crippen molar-refractivity contribution in [3.63, 3.8) is 0 Å². The molecule has 1 heterocycles. The molecule has 0 saturated carbocycles. The van der Waals surface area contributed by atoms with Gasteiger partial charge in [-0.3, -0.25) is 14.6 Å². The van der Waals surface area contributed by atoms with Crippen LogP contribution in [0, 0.1) is 0 Å². The highest BCUT2D eigenvalue weighted by Crippen LogP contribution is 2.15. The molecule has 9 heteroatoms. The van der Waals surface area contributed by atoms with Crippen LogP contribution in [0.5, 0.6) is 0 Å². The van der Waals surface area contributed by atoms with E-state index in [1.807, 2.05) is 0 Å². The van der Waals surface area contributed by atoms with Crippen molar-refractivity contribution in [3.8, 4) is 0 Å². The molecule has 0 aliphatic carbocycles. The fraction of sp³-hybridized carbons (Fsp3) is 0.125. The van der Waals surface area contributed by atoms with Gasteiger partial charge in [-0.1, -0.05) is 0 Å². The van der Waals surface area contributed by atoms with Gasteiger partial charge in [0.25, 0.3) is 5.91 Å². The van der Waals surface area contributed by atoms with Crippen molar-refractivity contribution in [2.75, 3.05) is 0 Å². The first-order chi connectivity index (χ1) is 7.82. The number of halogens is 3. The molecule has 0 fully saturated rings. The second-order valence-corrected chi connectivity index (χ2v) is 2.86. The standard InChI is InChI=1S/C8H7F3N4O2/c9-8(10,11)7(17)15(12)14-6(16)5-2-1-3-13-4-5/h1-4H,12H2,(H,14,16). The highest BCUT2D eigenvalue weighted by atomic mass is 19.4. The molecule has 6 nitrogen and oxygen atoms in total. The van der Waals surface area contributed by atoms with E-state index in [-0.39, 0.29) is 5.56 Å². The van der Waals surface area contributed by atoms with E-state index in [4.69, 9.17) is 5.84 Å². The molecule has 1 aromatic rings. The number of amides is 2. The largest absolute Gasteiger partial charge is 0.474 e. The van der Waals surface area contributed by atoms with Crippen molar-refractivity contribution >= 4 is 11.8 Å². The Morgan fingerprint density at radius 2 is 2.06 bits per heavy atom. The van der Waals surface area contributed by atoms with E-state index in [0.29, 0.717) is 0 Å². The van der Waals surface area contributed by atoms with Crippen LogP contribution in [-0.2, 0) is 4.79 Å². The lowest BCUT2D eigenvalue weighted by molar-refractivity contribution is -0.188. The van der Waals surface area contributed by atoms with Crippen LogP contribution in [0.4, 0.5) is 13.2 Å². The first-order valence-electron chi connectivity index (χ1n) is 4.19. The van der Waals surface area contributed by atoms with E-state index >= 15 is 0 Å². The minimum atomic E-state index is -5.16. The van der Waals surface area contributed by atoms with Gasteiger partial charge in [0.15, 0.2) is 0 Å². The lowest BCUT2D eigenvalue weighted by Gasteiger charge is -2.18. The molecular weight excluding hydrogens is 241 g/mol. The molecule has 0 atom stereocenters. The fourth-order valence-electron chi connectivity index (χ4n) is 0.858. The summed E-state index contributed by atoms with van der Waals surface area (Å²) in [5.41, 5.74) is 1.54. The van der Waals surface area contributed by atoms with Gasteiger partial charge < -0.3 is 0 Å². The topological polar surface area (TPSA) is 88.3 Å². The van der Waals surface area contributed by atoms with Gasteiger partial charge in [0.05, 0.1) is 5.56 Å². The maximum Gasteiger partial charge on any atom is 0.474 e. The third kappa shape index (κ3) is 3.41. The minimum absolute atomic E-state index is 0.0297. The van der Waals surface area contributed by atoms with Crippen molar-refractivity contribution in [1.82, 2.24) is 15.5 Å². The lowest BCUT2D eigenvalue weighted by atomic mass is 10.3. The maximum absolute atomic E-state index is 11.9. The van der Waals surface area contributed by atoms with Crippen LogP contribution in [0.2, 0.25) is 0 Å². The van der Waals surface area contributed by atoms with Gasteiger partial charge in [-0.05, 0) is 12.1 Å². The van der Waals surface area contributed by atoms with Gasteiger partial charge in [-0.15, -0.1) is 0 Å². The van der Waals surface area contributed by atoms with Gasteiger partial charge in [0.1, 0.15) is 0 Å². The minimum Gasteiger partial charge on any atom is -0.267 e. The molecule has 0 aliphatic rings. The number of carbonyl (C=O) groups excluding carboxylic acids is 2. The van der Waals surface area contributed by atoms with Crippen LogP contribution in [0.1, 0.15) is 10.4 Å². The molecule has 0 saturated heterocycles. The summed E-state index contributed by atoms with van der Waals surface area (Å²) in [6.07, 6.45) is -2.67. The van der Waals surface area contributed by atoms with Gasteiger partial charge in [0.2, 0.25) is 0 Å². The first kappa shape index (κ1) is 12.9. The number of nitrogens with one attached hydrogen (secondary N) is 1. The van der Waals surface area contributed by atoms with E-state index in [1.165, 1.54) is 18.3 Å². The van der Waals surface area contributed by atoms with Crippen LogP contribution in [0.3, 0.4) is 0 Å². The smallest absolute Gasteiger partial charge is 0.267 e. The molecule has 92 valence electrons.